The van der Waals surface area contributed by atoms with Gasteiger partial charge in [-0.2, -0.15) is 0 Å². The number of hydrogen-bond donors (Lipinski definition) is 2. The summed E-state index contributed by atoms with van der Waals surface area (Å²) in [5.41, 5.74) is 0.549. The number of halogens is 1. The van der Waals surface area contributed by atoms with E-state index >= 15 is 0 Å². The average Bonchev–Trinajstić information content (AvgIpc) is 3.66. The van der Waals surface area contributed by atoms with E-state index in [2.05, 4.69) is 10.3 Å². The van der Waals surface area contributed by atoms with Crippen LogP contribution in [0.5, 0.6) is 0 Å². The van der Waals surface area contributed by atoms with Crippen molar-refractivity contribution in [3.63, 3.8) is 0 Å². The van der Waals surface area contributed by atoms with Crippen molar-refractivity contribution in [3.05, 3.63) is 68.0 Å². The monoisotopic (exact) mass is 541 g/mol. The van der Waals surface area contributed by atoms with Gasteiger partial charge in [0, 0.05) is 16.0 Å². The average molecular weight is 542 g/mol. The van der Waals surface area contributed by atoms with E-state index in [0.29, 0.717) is 10.7 Å². The van der Waals surface area contributed by atoms with E-state index in [1.54, 1.807) is 42.3 Å². The van der Waals surface area contributed by atoms with Crippen molar-refractivity contribution in [2.45, 2.75) is 22.6 Å². The van der Waals surface area contributed by atoms with Crippen LogP contribution in [0.4, 0.5) is 5.69 Å². The molecular weight excluding hydrogens is 522 g/mol. The number of hydrogen-bond acceptors (Lipinski definition) is 7. The van der Waals surface area contributed by atoms with Gasteiger partial charge in [-0.3, -0.25) is 24.1 Å². The molecule has 7 atom stereocenters. The van der Waals surface area contributed by atoms with Crippen LogP contribution in [0.3, 0.4) is 0 Å². The van der Waals surface area contributed by atoms with Crippen LogP contribution in [0.1, 0.15) is 23.0 Å². The molecule has 7 rings (SSSR count). The summed E-state index contributed by atoms with van der Waals surface area (Å²) in [4.78, 5) is 56.9. The lowest BCUT2D eigenvalue weighted by Crippen LogP contribution is -2.42. The number of thioether (sulfide) groups is 1. The van der Waals surface area contributed by atoms with E-state index in [1.165, 1.54) is 11.3 Å². The Hall–Kier alpha value is -2.82. The predicted octanol–water partition coefficient (Wildman–Crippen LogP) is 3.79. The summed E-state index contributed by atoms with van der Waals surface area (Å²) < 4.78 is 5.81. The second kappa shape index (κ2) is 8.09. The predicted molar refractivity (Wildman–Crippen MR) is 134 cm³/mol. The molecule has 3 aromatic rings. The van der Waals surface area contributed by atoms with E-state index in [9.17, 15) is 19.2 Å². The highest BCUT2D eigenvalue weighted by Gasteiger charge is 2.69. The molecule has 2 saturated carbocycles. The molecule has 4 aliphatic rings. The number of likely N-dealkylation sites (tertiary alicyclic amines) is 1. The van der Waals surface area contributed by atoms with E-state index in [1.807, 2.05) is 12.1 Å². The molecule has 0 spiro atoms. The van der Waals surface area contributed by atoms with E-state index in [4.69, 9.17) is 16.0 Å². The van der Waals surface area contributed by atoms with E-state index in [0.717, 1.165) is 27.0 Å². The first-order valence-electron chi connectivity index (χ1n) is 11.7. The smallest absolute Gasteiger partial charge is 0.305 e. The molecule has 1 saturated heterocycles. The first kappa shape index (κ1) is 22.4. The van der Waals surface area contributed by atoms with Crippen LogP contribution in [-0.4, -0.2) is 39.4 Å². The Labute approximate surface area is 218 Å². The zero-order valence-electron chi connectivity index (χ0n) is 18.7. The fraction of sp³-hybridized carbons (Fsp3) is 0.360. The van der Waals surface area contributed by atoms with Crippen molar-refractivity contribution >= 4 is 58.1 Å². The van der Waals surface area contributed by atoms with Crippen molar-refractivity contribution in [1.82, 2.24) is 9.88 Å². The molecule has 2 N–H and O–H groups in total. The lowest BCUT2D eigenvalue weighted by Gasteiger charge is -2.42. The minimum atomic E-state index is -0.442. The van der Waals surface area contributed by atoms with Crippen molar-refractivity contribution in [2.75, 3.05) is 11.9 Å². The number of nitrogens with zero attached hydrogens (tertiary/aromatic N) is 1. The maximum atomic E-state index is 13.6. The number of fused-ring (bicyclic) bond motifs is 9. The van der Waals surface area contributed by atoms with Gasteiger partial charge in [0.15, 0.2) is 0 Å². The molecule has 36 heavy (non-hydrogen) atoms. The number of benzene rings is 1. The molecule has 3 fully saturated rings. The third-order valence-corrected chi connectivity index (χ3v) is 10.9. The maximum Gasteiger partial charge on any atom is 0.305 e. The third-order valence-electron chi connectivity index (χ3n) is 8.09. The van der Waals surface area contributed by atoms with Crippen LogP contribution in [0.15, 0.2) is 56.9 Å². The summed E-state index contributed by atoms with van der Waals surface area (Å²) in [5, 5.41) is 4.21. The topological polar surface area (TPSA) is 112 Å². The highest BCUT2D eigenvalue weighted by atomic mass is 35.5. The molecule has 11 heteroatoms. The minimum absolute atomic E-state index is 0.00444. The number of furan rings is 1. The number of carbonyl (C=O) groups is 3. The summed E-state index contributed by atoms with van der Waals surface area (Å²) in [5.74, 6) is -1.11. The maximum absolute atomic E-state index is 13.6. The summed E-state index contributed by atoms with van der Waals surface area (Å²) >= 11 is 8.72. The van der Waals surface area contributed by atoms with Gasteiger partial charge in [-0.05, 0) is 60.6 Å². The van der Waals surface area contributed by atoms with Gasteiger partial charge < -0.3 is 14.7 Å². The highest BCUT2D eigenvalue weighted by Crippen LogP contribution is 2.68. The first-order valence-corrected chi connectivity index (χ1v) is 13.8. The molecule has 2 bridgehead atoms. The van der Waals surface area contributed by atoms with Gasteiger partial charge in [0.25, 0.3) is 0 Å². The first-order chi connectivity index (χ1) is 17.4. The lowest BCUT2D eigenvalue weighted by atomic mass is 9.69. The van der Waals surface area contributed by atoms with Crippen LogP contribution in [0.25, 0.3) is 0 Å². The number of thiazole rings is 1. The number of H-pyrrole nitrogens is 1. The quantitative estimate of drug-likeness (QED) is 0.486. The molecule has 184 valence electrons. The fourth-order valence-electron chi connectivity index (χ4n) is 6.90. The van der Waals surface area contributed by atoms with Gasteiger partial charge >= 0.3 is 4.87 Å². The Morgan fingerprint density at radius 3 is 2.58 bits per heavy atom. The van der Waals surface area contributed by atoms with Crippen LogP contribution in [0, 0.1) is 29.6 Å². The van der Waals surface area contributed by atoms with Crippen LogP contribution >= 0.6 is 34.7 Å². The molecule has 3 amide bonds. The van der Waals surface area contributed by atoms with Crippen LogP contribution < -0.4 is 10.2 Å². The number of anilines is 1. The van der Waals surface area contributed by atoms with Gasteiger partial charge in [-0.25, -0.2) is 0 Å². The summed E-state index contributed by atoms with van der Waals surface area (Å²) in [6, 6.07) is 10.4. The zero-order chi connectivity index (χ0) is 24.7. The fourth-order valence-corrected chi connectivity index (χ4v) is 9.89. The third kappa shape index (κ3) is 3.20. The van der Waals surface area contributed by atoms with Crippen molar-refractivity contribution in [3.8, 4) is 0 Å². The summed E-state index contributed by atoms with van der Waals surface area (Å²) in [6.45, 7) is -0.308. The van der Waals surface area contributed by atoms with Crippen LogP contribution in [0.2, 0.25) is 5.02 Å². The summed E-state index contributed by atoms with van der Waals surface area (Å²) in [6.07, 6.45) is 2.42. The molecule has 0 radical (unpaired) electrons. The number of nitrogens with one attached hydrogen (secondary N) is 2. The molecule has 2 aliphatic carbocycles. The molecule has 4 heterocycles. The second-order valence-corrected chi connectivity index (χ2v) is 12.4. The molecule has 2 aromatic heterocycles. The second-order valence-electron chi connectivity index (χ2n) is 9.79. The van der Waals surface area contributed by atoms with Crippen molar-refractivity contribution in [2.24, 2.45) is 29.6 Å². The van der Waals surface area contributed by atoms with Crippen molar-refractivity contribution < 1.29 is 18.8 Å². The molecular formula is C25H20ClN3O5S2. The summed E-state index contributed by atoms with van der Waals surface area (Å²) in [7, 11) is 0. The normalized spacial score (nSPS) is 31.9. The SMILES string of the molecule is O=C(CN1C(=O)[C@@H]2[C@H]3C[C@@H]([C@H]2C1=O)[C@H]1[C@@H](c2ccco2)c2sc(=O)[nH]c2S[C@@H]31)Nc1ccc(Cl)cc1. The van der Waals surface area contributed by atoms with Crippen LogP contribution in [-0.2, 0) is 14.4 Å². The van der Waals surface area contributed by atoms with E-state index < -0.39 is 17.7 Å². The number of rotatable bonds is 4. The van der Waals surface area contributed by atoms with Gasteiger partial charge in [-0.15, -0.1) is 11.8 Å². The number of aromatic nitrogens is 1. The zero-order valence-corrected chi connectivity index (χ0v) is 21.1. The number of carbonyl (C=O) groups excluding carboxylic acids is 3. The Balaban J connectivity index is 1.17. The van der Waals surface area contributed by atoms with Crippen molar-refractivity contribution in [1.29, 1.82) is 0 Å². The van der Waals surface area contributed by atoms with Gasteiger partial charge in [0.2, 0.25) is 17.7 Å². The number of imide groups is 1. The number of amides is 3. The Morgan fingerprint density at radius 1 is 1.11 bits per heavy atom. The molecule has 0 unspecified atom stereocenters. The van der Waals surface area contributed by atoms with Gasteiger partial charge in [0.1, 0.15) is 12.3 Å². The molecule has 8 nitrogen and oxygen atoms in total. The Bertz CT molecular complexity index is 1450. The standard InChI is InChI=1S/C25H20ClN3O5S2/c26-10-3-5-11(6-4-10)27-15(30)9-29-23(31)17-12-8-13(18(17)24(29)32)20-16(12)19(14-2-1-7-34-14)21-22(35-20)28-25(33)36-21/h1-7,12-13,16-20H,8-9H2,(H,27,30)(H,28,33)/t12-,13-,16+,17-,18-,19-,20+/m1/s1. The minimum Gasteiger partial charge on any atom is -0.469 e. The Kier molecular flexibility index (Phi) is 5.03. The lowest BCUT2D eigenvalue weighted by molar-refractivity contribution is -0.143. The molecule has 1 aromatic carbocycles. The number of aromatic amines is 1. The molecule has 2 aliphatic heterocycles. The van der Waals surface area contributed by atoms with Gasteiger partial charge in [0.05, 0.1) is 33.9 Å². The highest BCUT2D eigenvalue weighted by molar-refractivity contribution is 8.00. The van der Waals surface area contributed by atoms with Gasteiger partial charge in [-0.1, -0.05) is 22.9 Å². The van der Waals surface area contributed by atoms with E-state index in [-0.39, 0.29) is 52.2 Å². The Morgan fingerprint density at radius 2 is 1.86 bits per heavy atom. The largest absolute Gasteiger partial charge is 0.469 e.